The van der Waals surface area contributed by atoms with Crippen LogP contribution < -0.4 is 0 Å². The maximum Gasteiger partial charge on any atom is 0.472 e. The van der Waals surface area contributed by atoms with E-state index in [4.69, 9.17) is 37.0 Å². The molecule has 0 aromatic carbocycles. The lowest BCUT2D eigenvalue weighted by Crippen LogP contribution is -2.30. The fourth-order valence-electron chi connectivity index (χ4n) is 12.6. The van der Waals surface area contributed by atoms with Gasteiger partial charge in [-0.2, -0.15) is 0 Å². The summed E-state index contributed by atoms with van der Waals surface area (Å²) in [6.45, 7) is 7.35. The molecule has 19 heteroatoms. The fraction of sp³-hybridized carbons (Fsp3) is 0.951. The van der Waals surface area contributed by atoms with Gasteiger partial charge in [0.05, 0.1) is 26.4 Å². The number of unbranched alkanes of at least 4 members (excludes halogenated alkanes) is 53. The van der Waals surface area contributed by atoms with Crippen molar-refractivity contribution in [2.24, 2.45) is 5.92 Å². The summed E-state index contributed by atoms with van der Waals surface area (Å²) in [6, 6.07) is 0. The van der Waals surface area contributed by atoms with Crippen molar-refractivity contribution in [2.45, 2.75) is 451 Å². The van der Waals surface area contributed by atoms with Crippen LogP contribution in [0.5, 0.6) is 0 Å². The van der Waals surface area contributed by atoms with Gasteiger partial charge in [0.15, 0.2) is 12.2 Å². The molecule has 0 amide bonds. The number of phosphoric acid groups is 2. The predicted molar refractivity (Wildman–Crippen MR) is 409 cm³/mol. The minimum absolute atomic E-state index is 0.108. The summed E-state index contributed by atoms with van der Waals surface area (Å²) < 4.78 is 68.7. The van der Waals surface area contributed by atoms with Crippen molar-refractivity contribution in [2.75, 3.05) is 39.6 Å². The Morgan fingerprint density at radius 2 is 0.460 bits per heavy atom. The average Bonchev–Trinajstić information content (AvgIpc) is 1.05. The van der Waals surface area contributed by atoms with Gasteiger partial charge < -0.3 is 33.8 Å². The van der Waals surface area contributed by atoms with Crippen molar-refractivity contribution >= 4 is 39.5 Å². The minimum Gasteiger partial charge on any atom is -0.462 e. The number of hydrogen-bond acceptors (Lipinski definition) is 15. The SMILES string of the molecule is CCCCCCCCCCCCCCCCCCCCC(=O)OC[C@H](COP(=O)(O)OC[C@@H](O)COP(=O)(O)OC[C@@H](COC(=O)CCCCCCCCCCCC)OC(=O)CCCCCCCCCCCCC)OC(=O)CCCCCCCCCCCCCCCCCCCCC(C)C. The second-order valence-electron chi connectivity index (χ2n) is 29.6. The molecule has 0 fully saturated rings. The molecule has 0 bridgehead atoms. The van der Waals surface area contributed by atoms with Crippen LogP contribution in [-0.4, -0.2) is 96.7 Å². The van der Waals surface area contributed by atoms with E-state index in [2.05, 4.69) is 34.6 Å². The topological polar surface area (TPSA) is 237 Å². The van der Waals surface area contributed by atoms with Gasteiger partial charge in [0.2, 0.25) is 0 Å². The molecule has 5 atom stereocenters. The predicted octanol–water partition coefficient (Wildman–Crippen LogP) is 24.4. The highest BCUT2D eigenvalue weighted by molar-refractivity contribution is 7.47. The molecule has 100 heavy (non-hydrogen) atoms. The highest BCUT2D eigenvalue weighted by Crippen LogP contribution is 2.45. The summed E-state index contributed by atoms with van der Waals surface area (Å²) in [6.07, 6.45) is 65.2. The molecular formula is C81H158O17P2. The van der Waals surface area contributed by atoms with Crippen molar-refractivity contribution in [3.8, 4) is 0 Å². The first-order valence-corrected chi connectivity index (χ1v) is 45.1. The normalized spacial score (nSPS) is 13.8. The first-order chi connectivity index (χ1) is 48.5. The number of carbonyl (C=O) groups excluding carboxylic acids is 4. The number of esters is 4. The standard InChI is InChI=1S/C81H158O17P2/c1-6-9-12-15-18-21-24-25-26-27-31-34-37-41-45-50-55-60-65-79(84)92-71-77(98-81(86)67-62-57-52-47-42-38-35-32-29-28-30-33-36-40-43-48-53-58-63-74(4)5)73-96-100(89,90)94-69-75(82)68-93-99(87,88)95-72-76(70-91-78(83)64-59-54-49-44-23-20-17-14-11-8-3)97-80(85)66-61-56-51-46-39-22-19-16-13-10-7-2/h74-77,82H,6-73H2,1-5H3,(H,87,88)(H,89,90)/t75-,76+,77+/m0/s1. The van der Waals surface area contributed by atoms with Crippen LogP contribution in [-0.2, 0) is 65.4 Å². The number of ether oxygens (including phenoxy) is 4. The van der Waals surface area contributed by atoms with Gasteiger partial charge in [-0.3, -0.25) is 37.3 Å². The van der Waals surface area contributed by atoms with Gasteiger partial charge in [0.1, 0.15) is 19.3 Å². The first kappa shape index (κ1) is 98.1. The number of aliphatic hydroxyl groups is 1. The second-order valence-corrected chi connectivity index (χ2v) is 32.5. The smallest absolute Gasteiger partial charge is 0.462 e. The third kappa shape index (κ3) is 74.3. The van der Waals surface area contributed by atoms with E-state index in [1.165, 1.54) is 257 Å². The van der Waals surface area contributed by atoms with E-state index >= 15 is 0 Å². The number of phosphoric ester groups is 2. The summed E-state index contributed by atoms with van der Waals surface area (Å²) in [5.74, 6) is -1.29. The molecule has 0 radical (unpaired) electrons. The van der Waals surface area contributed by atoms with Gasteiger partial charge in [-0.25, -0.2) is 9.13 Å². The van der Waals surface area contributed by atoms with Crippen LogP contribution in [0, 0.1) is 5.92 Å². The van der Waals surface area contributed by atoms with Crippen LogP contribution in [0.15, 0.2) is 0 Å². The average molecular weight is 1470 g/mol. The van der Waals surface area contributed by atoms with Crippen molar-refractivity contribution in [3.05, 3.63) is 0 Å². The third-order valence-corrected chi connectivity index (χ3v) is 20.9. The summed E-state index contributed by atoms with van der Waals surface area (Å²) in [7, 11) is -9.91. The van der Waals surface area contributed by atoms with Crippen LogP contribution in [0.3, 0.4) is 0 Å². The Labute approximate surface area is 613 Å². The molecule has 0 rings (SSSR count). The van der Waals surface area contributed by atoms with Crippen molar-refractivity contribution < 1.29 is 80.2 Å². The zero-order valence-corrected chi connectivity index (χ0v) is 67.1. The number of aliphatic hydroxyl groups excluding tert-OH is 1. The van der Waals surface area contributed by atoms with Gasteiger partial charge in [0, 0.05) is 25.7 Å². The third-order valence-electron chi connectivity index (χ3n) is 19.0. The second kappa shape index (κ2) is 73.9. The van der Waals surface area contributed by atoms with Gasteiger partial charge in [0.25, 0.3) is 0 Å². The molecule has 2 unspecified atom stereocenters. The van der Waals surface area contributed by atoms with E-state index in [1.54, 1.807) is 0 Å². The van der Waals surface area contributed by atoms with Gasteiger partial charge in [-0.1, -0.05) is 381 Å². The zero-order chi connectivity index (χ0) is 73.4. The van der Waals surface area contributed by atoms with Crippen molar-refractivity contribution in [1.82, 2.24) is 0 Å². The van der Waals surface area contributed by atoms with Crippen molar-refractivity contribution in [3.63, 3.8) is 0 Å². The molecule has 0 saturated carbocycles. The van der Waals surface area contributed by atoms with Crippen LogP contribution in [0.1, 0.15) is 433 Å². The monoisotopic (exact) mass is 1470 g/mol. The molecule has 0 aliphatic rings. The van der Waals surface area contributed by atoms with Gasteiger partial charge in [-0.05, 0) is 31.6 Å². The molecule has 0 aromatic rings. The Morgan fingerprint density at radius 1 is 0.270 bits per heavy atom. The minimum atomic E-state index is -4.96. The Morgan fingerprint density at radius 3 is 0.680 bits per heavy atom. The Hall–Kier alpha value is -1.94. The van der Waals surface area contributed by atoms with Crippen LogP contribution in [0.2, 0.25) is 0 Å². The molecule has 0 heterocycles. The molecule has 0 aliphatic heterocycles. The largest absolute Gasteiger partial charge is 0.472 e. The number of rotatable bonds is 81. The Bertz CT molecular complexity index is 1910. The van der Waals surface area contributed by atoms with Gasteiger partial charge >= 0.3 is 39.5 Å². The summed E-state index contributed by atoms with van der Waals surface area (Å²) in [5.41, 5.74) is 0. The maximum atomic E-state index is 13.1. The molecule has 17 nitrogen and oxygen atoms in total. The highest BCUT2D eigenvalue weighted by Gasteiger charge is 2.30. The van der Waals surface area contributed by atoms with E-state index in [1.807, 2.05) is 0 Å². The van der Waals surface area contributed by atoms with Crippen molar-refractivity contribution in [1.29, 1.82) is 0 Å². The Balaban J connectivity index is 5.20. The molecular weight excluding hydrogens is 1310 g/mol. The molecule has 594 valence electrons. The fourth-order valence-corrected chi connectivity index (χ4v) is 14.2. The Kier molecular flexibility index (Phi) is 72.5. The zero-order valence-electron chi connectivity index (χ0n) is 65.3. The lowest BCUT2D eigenvalue weighted by atomic mass is 10.0. The molecule has 3 N–H and O–H groups in total. The molecule has 0 spiro atoms. The van der Waals surface area contributed by atoms with Crippen LogP contribution in [0.4, 0.5) is 0 Å². The van der Waals surface area contributed by atoms with E-state index < -0.39 is 97.5 Å². The molecule has 0 aromatic heterocycles. The quantitative estimate of drug-likeness (QED) is 0.0222. The van der Waals surface area contributed by atoms with Crippen LogP contribution >= 0.6 is 15.6 Å². The first-order valence-electron chi connectivity index (χ1n) is 42.1. The lowest BCUT2D eigenvalue weighted by Gasteiger charge is -2.21. The summed E-state index contributed by atoms with van der Waals surface area (Å²) >= 11 is 0. The van der Waals surface area contributed by atoms with E-state index in [-0.39, 0.29) is 25.7 Å². The lowest BCUT2D eigenvalue weighted by molar-refractivity contribution is -0.161. The van der Waals surface area contributed by atoms with E-state index in [9.17, 15) is 43.2 Å². The molecule has 0 saturated heterocycles. The summed E-state index contributed by atoms with van der Waals surface area (Å²) in [5, 5.41) is 10.6. The maximum absolute atomic E-state index is 13.1. The van der Waals surface area contributed by atoms with E-state index in [0.717, 1.165) is 95.8 Å². The number of carbonyl (C=O) groups is 4. The highest BCUT2D eigenvalue weighted by atomic mass is 31.2. The van der Waals surface area contributed by atoms with Crippen LogP contribution in [0.25, 0.3) is 0 Å². The van der Waals surface area contributed by atoms with Gasteiger partial charge in [-0.15, -0.1) is 0 Å². The number of hydrogen-bond donors (Lipinski definition) is 3. The molecule has 0 aliphatic carbocycles. The summed E-state index contributed by atoms with van der Waals surface area (Å²) in [4.78, 5) is 72.9. The van der Waals surface area contributed by atoms with E-state index in [0.29, 0.717) is 25.7 Å².